The van der Waals surface area contributed by atoms with Crippen molar-refractivity contribution in [3.63, 3.8) is 0 Å². The standard InChI is InChI=1S/C15H18FN3O/c1-10(20)11-3-2-6-19(8-11)15-13-7-12(16)4-5-14(13)17-9-18-15/h4-5,7,9-11,20H,2-3,6,8H2,1H3. The van der Waals surface area contributed by atoms with E-state index in [1.807, 2.05) is 6.92 Å². The lowest BCUT2D eigenvalue weighted by molar-refractivity contribution is 0.115. The molecule has 4 nitrogen and oxygen atoms in total. The summed E-state index contributed by atoms with van der Waals surface area (Å²) in [6.45, 7) is 3.46. The van der Waals surface area contributed by atoms with Crippen molar-refractivity contribution in [2.45, 2.75) is 25.9 Å². The molecule has 1 saturated heterocycles. The molecule has 1 fully saturated rings. The van der Waals surface area contributed by atoms with E-state index >= 15 is 0 Å². The van der Waals surface area contributed by atoms with Crippen molar-refractivity contribution in [1.82, 2.24) is 9.97 Å². The van der Waals surface area contributed by atoms with Crippen LogP contribution in [-0.4, -0.2) is 34.3 Å². The van der Waals surface area contributed by atoms with Crippen LogP contribution in [0.2, 0.25) is 0 Å². The first-order valence-corrected chi connectivity index (χ1v) is 6.98. The van der Waals surface area contributed by atoms with Crippen LogP contribution >= 0.6 is 0 Å². The number of aliphatic hydroxyl groups excluding tert-OH is 1. The molecule has 3 rings (SSSR count). The molecule has 0 aliphatic carbocycles. The molecule has 0 saturated carbocycles. The fourth-order valence-corrected chi connectivity index (χ4v) is 2.86. The molecule has 20 heavy (non-hydrogen) atoms. The third kappa shape index (κ3) is 2.45. The molecule has 0 radical (unpaired) electrons. The zero-order chi connectivity index (χ0) is 14.1. The van der Waals surface area contributed by atoms with Crippen molar-refractivity contribution in [1.29, 1.82) is 0 Å². The molecule has 1 aliphatic rings. The molecule has 0 bridgehead atoms. The van der Waals surface area contributed by atoms with Crippen LogP contribution in [0.1, 0.15) is 19.8 Å². The van der Waals surface area contributed by atoms with Gasteiger partial charge in [-0.05, 0) is 38.0 Å². The van der Waals surface area contributed by atoms with Gasteiger partial charge in [-0.2, -0.15) is 0 Å². The molecule has 1 aromatic carbocycles. The number of aromatic nitrogens is 2. The maximum atomic E-state index is 13.5. The van der Waals surface area contributed by atoms with E-state index in [0.717, 1.165) is 42.7 Å². The predicted octanol–water partition coefficient (Wildman–Crippen LogP) is 2.37. The molecule has 2 aromatic rings. The third-order valence-electron chi connectivity index (χ3n) is 4.02. The first-order chi connectivity index (χ1) is 9.65. The molecule has 2 unspecified atom stereocenters. The Kier molecular flexibility index (Phi) is 3.53. The van der Waals surface area contributed by atoms with Gasteiger partial charge in [0.05, 0.1) is 11.6 Å². The van der Waals surface area contributed by atoms with Crippen LogP contribution in [0, 0.1) is 11.7 Å². The number of aliphatic hydroxyl groups is 1. The minimum absolute atomic E-state index is 0.238. The molecule has 1 N–H and O–H groups in total. The maximum Gasteiger partial charge on any atom is 0.139 e. The molecule has 0 amide bonds. The number of fused-ring (bicyclic) bond motifs is 1. The first-order valence-electron chi connectivity index (χ1n) is 6.98. The summed E-state index contributed by atoms with van der Waals surface area (Å²) in [6, 6.07) is 4.57. The normalized spacial score (nSPS) is 21.1. The van der Waals surface area contributed by atoms with Gasteiger partial charge in [0, 0.05) is 24.4 Å². The first kappa shape index (κ1) is 13.2. The van der Waals surface area contributed by atoms with Crippen LogP contribution in [0.15, 0.2) is 24.5 Å². The van der Waals surface area contributed by atoms with Gasteiger partial charge >= 0.3 is 0 Å². The van der Waals surface area contributed by atoms with Crippen molar-refractivity contribution >= 4 is 16.7 Å². The summed E-state index contributed by atoms with van der Waals surface area (Å²) >= 11 is 0. The second-order valence-electron chi connectivity index (χ2n) is 5.45. The van der Waals surface area contributed by atoms with E-state index in [2.05, 4.69) is 14.9 Å². The Balaban J connectivity index is 1.99. The highest BCUT2D eigenvalue weighted by Crippen LogP contribution is 2.28. The summed E-state index contributed by atoms with van der Waals surface area (Å²) in [7, 11) is 0. The SMILES string of the molecule is CC(O)C1CCCN(c2ncnc3ccc(F)cc23)C1. The van der Waals surface area contributed by atoms with Crippen molar-refractivity contribution in [2.75, 3.05) is 18.0 Å². The lowest BCUT2D eigenvalue weighted by Crippen LogP contribution is -2.40. The van der Waals surface area contributed by atoms with Crippen LogP contribution in [0.3, 0.4) is 0 Å². The second-order valence-corrected chi connectivity index (χ2v) is 5.45. The summed E-state index contributed by atoms with van der Waals surface area (Å²) in [5, 5.41) is 10.5. The number of piperidine rings is 1. The monoisotopic (exact) mass is 275 g/mol. The van der Waals surface area contributed by atoms with Gasteiger partial charge in [-0.25, -0.2) is 14.4 Å². The van der Waals surface area contributed by atoms with Crippen molar-refractivity contribution in [3.05, 3.63) is 30.3 Å². The molecular weight excluding hydrogens is 257 g/mol. The summed E-state index contributed by atoms with van der Waals surface area (Å²) in [6.07, 6.45) is 3.21. The van der Waals surface area contributed by atoms with Crippen molar-refractivity contribution in [2.24, 2.45) is 5.92 Å². The van der Waals surface area contributed by atoms with Gasteiger partial charge in [-0.15, -0.1) is 0 Å². The molecule has 1 aliphatic heterocycles. The van der Waals surface area contributed by atoms with Gasteiger partial charge in [-0.3, -0.25) is 0 Å². The smallest absolute Gasteiger partial charge is 0.139 e. The predicted molar refractivity (Wildman–Crippen MR) is 76.1 cm³/mol. The number of hydrogen-bond donors (Lipinski definition) is 1. The zero-order valence-corrected chi connectivity index (χ0v) is 11.5. The summed E-state index contributed by atoms with van der Waals surface area (Å²) in [5.74, 6) is 0.722. The molecular formula is C15H18FN3O. The van der Waals surface area contributed by atoms with Gasteiger partial charge in [0.2, 0.25) is 0 Å². The number of anilines is 1. The Morgan fingerprint density at radius 3 is 3.05 bits per heavy atom. The van der Waals surface area contributed by atoms with Gasteiger partial charge in [0.1, 0.15) is 18.0 Å². The summed E-state index contributed by atoms with van der Waals surface area (Å²) in [4.78, 5) is 10.6. The fourth-order valence-electron chi connectivity index (χ4n) is 2.86. The topological polar surface area (TPSA) is 49.2 Å². The van der Waals surface area contributed by atoms with E-state index in [1.165, 1.54) is 18.5 Å². The number of benzene rings is 1. The minimum atomic E-state index is -0.331. The molecule has 2 heterocycles. The Morgan fingerprint density at radius 2 is 2.25 bits per heavy atom. The van der Waals surface area contributed by atoms with E-state index in [1.54, 1.807) is 6.07 Å². The average Bonchev–Trinajstić information content (AvgIpc) is 2.46. The Morgan fingerprint density at radius 1 is 1.40 bits per heavy atom. The van der Waals surface area contributed by atoms with E-state index in [9.17, 15) is 9.50 Å². The van der Waals surface area contributed by atoms with Crippen LogP contribution < -0.4 is 4.90 Å². The minimum Gasteiger partial charge on any atom is -0.393 e. The van der Waals surface area contributed by atoms with E-state index in [0.29, 0.717) is 0 Å². The molecule has 5 heteroatoms. The van der Waals surface area contributed by atoms with Gasteiger partial charge in [0.15, 0.2) is 0 Å². The van der Waals surface area contributed by atoms with E-state index < -0.39 is 0 Å². The van der Waals surface area contributed by atoms with Gasteiger partial charge in [-0.1, -0.05) is 0 Å². The highest BCUT2D eigenvalue weighted by Gasteiger charge is 2.25. The maximum absolute atomic E-state index is 13.5. The number of hydrogen-bond acceptors (Lipinski definition) is 4. The molecule has 2 atom stereocenters. The fraction of sp³-hybridized carbons (Fsp3) is 0.467. The number of nitrogens with zero attached hydrogens (tertiary/aromatic N) is 3. The highest BCUT2D eigenvalue weighted by atomic mass is 19.1. The third-order valence-corrected chi connectivity index (χ3v) is 4.02. The largest absolute Gasteiger partial charge is 0.393 e. The highest BCUT2D eigenvalue weighted by molar-refractivity contribution is 5.89. The average molecular weight is 275 g/mol. The lowest BCUT2D eigenvalue weighted by Gasteiger charge is -2.35. The molecule has 0 spiro atoms. The van der Waals surface area contributed by atoms with Crippen LogP contribution in [-0.2, 0) is 0 Å². The van der Waals surface area contributed by atoms with Crippen LogP contribution in [0.25, 0.3) is 10.9 Å². The lowest BCUT2D eigenvalue weighted by atomic mass is 9.93. The van der Waals surface area contributed by atoms with Gasteiger partial charge in [0.25, 0.3) is 0 Å². The second kappa shape index (κ2) is 5.32. The Bertz CT molecular complexity index is 617. The summed E-state index contributed by atoms with van der Waals surface area (Å²) < 4.78 is 13.5. The quantitative estimate of drug-likeness (QED) is 0.914. The van der Waals surface area contributed by atoms with Crippen molar-refractivity contribution in [3.8, 4) is 0 Å². The van der Waals surface area contributed by atoms with Crippen LogP contribution in [0.5, 0.6) is 0 Å². The number of rotatable bonds is 2. The van der Waals surface area contributed by atoms with Crippen LogP contribution in [0.4, 0.5) is 10.2 Å². The molecule has 106 valence electrons. The van der Waals surface area contributed by atoms with E-state index in [-0.39, 0.29) is 17.8 Å². The number of halogens is 1. The molecule has 1 aromatic heterocycles. The Hall–Kier alpha value is -1.75. The summed E-state index contributed by atoms with van der Waals surface area (Å²) in [5.41, 5.74) is 0.746. The zero-order valence-electron chi connectivity index (χ0n) is 11.5. The van der Waals surface area contributed by atoms with Crippen molar-refractivity contribution < 1.29 is 9.50 Å². The Labute approximate surface area is 117 Å². The van der Waals surface area contributed by atoms with Gasteiger partial charge < -0.3 is 10.0 Å². The van der Waals surface area contributed by atoms with E-state index in [4.69, 9.17) is 0 Å².